The Morgan fingerprint density at radius 2 is 1.20 bits per heavy atom. The molecule has 2 unspecified atom stereocenters. The Balaban J connectivity index is 1.97. The zero-order chi connectivity index (χ0) is 32.3. The lowest BCUT2D eigenvalue weighted by Crippen LogP contribution is -2.52. The van der Waals surface area contributed by atoms with E-state index in [0.29, 0.717) is 5.56 Å². The van der Waals surface area contributed by atoms with Crippen LogP contribution in [0.4, 0.5) is 4.79 Å². The van der Waals surface area contributed by atoms with Gasteiger partial charge in [-0.2, -0.15) is 0 Å². The van der Waals surface area contributed by atoms with Crippen molar-refractivity contribution < 1.29 is 37.1 Å². The third-order valence-electron chi connectivity index (χ3n) is 6.56. The molecular formula is C33H38N2O8S. The maximum Gasteiger partial charge on any atom is 0.408 e. The molecule has 0 aromatic heterocycles. The Kier molecular flexibility index (Phi) is 11.8. The maximum atomic E-state index is 14.2. The Hall–Kier alpha value is -4.51. The first kappa shape index (κ1) is 34.0. The van der Waals surface area contributed by atoms with Gasteiger partial charge in [0.05, 0.1) is 24.5 Å². The molecule has 11 heteroatoms. The summed E-state index contributed by atoms with van der Waals surface area (Å²) in [5.74, 6) is -2.49. The van der Waals surface area contributed by atoms with Crippen molar-refractivity contribution in [2.24, 2.45) is 0 Å². The van der Waals surface area contributed by atoms with Crippen LogP contribution in [0.2, 0.25) is 0 Å². The minimum Gasteiger partial charge on any atom is -0.467 e. The van der Waals surface area contributed by atoms with Gasteiger partial charge in [0.1, 0.15) is 16.9 Å². The van der Waals surface area contributed by atoms with E-state index in [-0.39, 0.29) is 17.7 Å². The maximum absolute atomic E-state index is 14.2. The fourth-order valence-electron chi connectivity index (χ4n) is 4.49. The van der Waals surface area contributed by atoms with E-state index in [1.54, 1.807) is 87.5 Å². The van der Waals surface area contributed by atoms with E-state index in [0.717, 1.165) is 5.56 Å². The SMILES string of the molecule is COC(=O)C(Cc1ccccc1)NC(=O)CC(C(=O)[C@H](Cc1ccccc1)NC(=O)OC(C)(C)C)S(=O)(=O)c1ccccc1. The number of benzene rings is 3. The molecule has 3 aromatic rings. The molecule has 0 spiro atoms. The van der Waals surface area contributed by atoms with Gasteiger partial charge in [0.25, 0.3) is 0 Å². The predicted octanol–water partition coefficient (Wildman–Crippen LogP) is 3.82. The molecule has 10 nitrogen and oxygen atoms in total. The molecule has 0 bridgehead atoms. The van der Waals surface area contributed by atoms with Gasteiger partial charge < -0.3 is 20.1 Å². The number of ketones is 1. The Bertz CT molecular complexity index is 1520. The van der Waals surface area contributed by atoms with E-state index in [1.807, 2.05) is 0 Å². The summed E-state index contributed by atoms with van der Waals surface area (Å²) >= 11 is 0. The number of carbonyl (C=O) groups is 4. The number of sulfone groups is 1. The van der Waals surface area contributed by atoms with Crippen LogP contribution in [0.5, 0.6) is 0 Å². The predicted molar refractivity (Wildman–Crippen MR) is 164 cm³/mol. The molecule has 0 radical (unpaired) electrons. The van der Waals surface area contributed by atoms with Gasteiger partial charge in [-0.15, -0.1) is 0 Å². The number of ether oxygens (including phenoxy) is 2. The van der Waals surface area contributed by atoms with Gasteiger partial charge in [0.15, 0.2) is 15.6 Å². The van der Waals surface area contributed by atoms with Crippen LogP contribution >= 0.6 is 0 Å². The highest BCUT2D eigenvalue weighted by Crippen LogP contribution is 2.22. The third-order valence-corrected chi connectivity index (χ3v) is 8.63. The summed E-state index contributed by atoms with van der Waals surface area (Å²) in [6.45, 7) is 4.96. The molecule has 3 rings (SSSR count). The van der Waals surface area contributed by atoms with Crippen molar-refractivity contribution in [1.29, 1.82) is 0 Å². The Morgan fingerprint density at radius 3 is 1.68 bits per heavy atom. The topological polar surface area (TPSA) is 145 Å². The molecular weight excluding hydrogens is 584 g/mol. The molecule has 0 fully saturated rings. The largest absolute Gasteiger partial charge is 0.467 e. The van der Waals surface area contributed by atoms with Crippen molar-refractivity contribution in [2.45, 2.75) is 67.9 Å². The van der Waals surface area contributed by atoms with Crippen LogP contribution in [-0.4, -0.2) is 62.2 Å². The summed E-state index contributed by atoms with van der Waals surface area (Å²) in [5.41, 5.74) is 0.495. The molecule has 2 N–H and O–H groups in total. The molecule has 2 amide bonds. The van der Waals surface area contributed by atoms with Crippen molar-refractivity contribution in [1.82, 2.24) is 10.6 Å². The van der Waals surface area contributed by atoms with Crippen LogP contribution in [0.25, 0.3) is 0 Å². The lowest BCUT2D eigenvalue weighted by Gasteiger charge is -2.26. The van der Waals surface area contributed by atoms with Gasteiger partial charge in [0.2, 0.25) is 5.91 Å². The summed E-state index contributed by atoms with van der Waals surface area (Å²) < 4.78 is 38.0. The van der Waals surface area contributed by atoms with Gasteiger partial charge in [-0.25, -0.2) is 18.0 Å². The van der Waals surface area contributed by atoms with Crippen molar-refractivity contribution in [3.63, 3.8) is 0 Å². The number of hydrogen-bond acceptors (Lipinski definition) is 8. The van der Waals surface area contributed by atoms with E-state index in [1.165, 1.54) is 31.4 Å². The molecule has 3 atom stereocenters. The number of esters is 1. The Labute approximate surface area is 258 Å². The summed E-state index contributed by atoms with van der Waals surface area (Å²) in [5, 5.41) is 3.16. The fraction of sp³-hybridized carbons (Fsp3) is 0.333. The number of carbonyl (C=O) groups excluding carboxylic acids is 4. The second-order valence-electron chi connectivity index (χ2n) is 11.2. The fourth-order valence-corrected chi connectivity index (χ4v) is 6.20. The number of methoxy groups -OCH3 is 1. The van der Waals surface area contributed by atoms with E-state index in [4.69, 9.17) is 9.47 Å². The molecule has 0 heterocycles. The van der Waals surface area contributed by atoms with Crippen LogP contribution in [0.15, 0.2) is 95.9 Å². The van der Waals surface area contributed by atoms with E-state index < -0.39 is 62.9 Å². The second kappa shape index (κ2) is 15.3. The van der Waals surface area contributed by atoms with Crippen molar-refractivity contribution in [3.8, 4) is 0 Å². The number of amides is 2. The van der Waals surface area contributed by atoms with Gasteiger partial charge in [0, 0.05) is 6.42 Å². The first-order valence-corrected chi connectivity index (χ1v) is 15.6. The normalized spacial score (nSPS) is 13.5. The first-order chi connectivity index (χ1) is 20.8. The van der Waals surface area contributed by atoms with Crippen LogP contribution in [-0.2, 0) is 46.5 Å². The van der Waals surface area contributed by atoms with E-state index in [9.17, 15) is 27.6 Å². The molecule has 0 saturated heterocycles. The monoisotopic (exact) mass is 622 g/mol. The van der Waals surface area contributed by atoms with Crippen LogP contribution < -0.4 is 10.6 Å². The minimum absolute atomic E-state index is 0.0554. The zero-order valence-corrected chi connectivity index (χ0v) is 26.0. The lowest BCUT2D eigenvalue weighted by atomic mass is 9.99. The molecule has 0 saturated carbocycles. The highest BCUT2D eigenvalue weighted by atomic mass is 32.2. The summed E-state index contributed by atoms with van der Waals surface area (Å²) in [6, 6.07) is 22.4. The number of rotatable bonds is 13. The summed E-state index contributed by atoms with van der Waals surface area (Å²) in [4.78, 5) is 52.7. The molecule has 0 aliphatic rings. The second-order valence-corrected chi connectivity index (χ2v) is 13.3. The van der Waals surface area contributed by atoms with Gasteiger partial charge >= 0.3 is 12.1 Å². The number of alkyl carbamates (subject to hydrolysis) is 1. The number of hydrogen-bond donors (Lipinski definition) is 2. The highest BCUT2D eigenvalue weighted by Gasteiger charge is 2.41. The van der Waals surface area contributed by atoms with Gasteiger partial charge in [-0.1, -0.05) is 78.9 Å². The lowest BCUT2D eigenvalue weighted by molar-refractivity contribution is -0.145. The van der Waals surface area contributed by atoms with E-state index >= 15 is 0 Å². The molecule has 0 aliphatic heterocycles. The molecule has 0 aliphatic carbocycles. The quantitative estimate of drug-likeness (QED) is 0.274. The smallest absolute Gasteiger partial charge is 0.408 e. The Morgan fingerprint density at radius 1 is 0.727 bits per heavy atom. The third kappa shape index (κ3) is 10.0. The van der Waals surface area contributed by atoms with E-state index in [2.05, 4.69) is 10.6 Å². The molecule has 234 valence electrons. The summed E-state index contributed by atoms with van der Waals surface area (Å²) in [7, 11) is -3.27. The summed E-state index contributed by atoms with van der Waals surface area (Å²) in [6.07, 6.45) is -1.69. The van der Waals surface area contributed by atoms with Crippen LogP contribution in [0.3, 0.4) is 0 Å². The van der Waals surface area contributed by atoms with Crippen LogP contribution in [0.1, 0.15) is 38.3 Å². The first-order valence-electron chi connectivity index (χ1n) is 14.1. The van der Waals surface area contributed by atoms with Crippen molar-refractivity contribution >= 4 is 33.6 Å². The molecule has 44 heavy (non-hydrogen) atoms. The number of nitrogens with one attached hydrogen (secondary N) is 2. The van der Waals surface area contributed by atoms with Crippen molar-refractivity contribution in [2.75, 3.05) is 7.11 Å². The minimum atomic E-state index is -4.44. The average Bonchev–Trinajstić information content (AvgIpc) is 2.99. The van der Waals surface area contributed by atoms with Crippen molar-refractivity contribution in [3.05, 3.63) is 102 Å². The van der Waals surface area contributed by atoms with Gasteiger partial charge in [-0.3, -0.25) is 9.59 Å². The standard InChI is InChI=1S/C33H38N2O8S/c1-33(2,3)43-32(39)35-26(20-23-14-8-5-9-15-23)30(37)28(44(40,41)25-18-12-7-13-19-25)22-29(36)34-27(31(38)42-4)21-24-16-10-6-11-17-24/h5-19,26-28H,20-22H2,1-4H3,(H,34,36)(H,35,39)/t26-,27?,28?/m0/s1. The zero-order valence-electron chi connectivity index (χ0n) is 25.2. The van der Waals surface area contributed by atoms with Crippen LogP contribution in [0, 0.1) is 0 Å². The van der Waals surface area contributed by atoms with Gasteiger partial charge in [-0.05, 0) is 50.5 Å². The molecule has 3 aromatic carbocycles. The number of Topliss-reactive ketones (excluding diaryl/α,β-unsaturated/α-hetero) is 1. The highest BCUT2D eigenvalue weighted by molar-refractivity contribution is 7.92. The average molecular weight is 623 g/mol.